The largest absolute Gasteiger partial charge is 0.497 e. The molecule has 3 amide bonds. The Morgan fingerprint density at radius 3 is 2.35 bits per heavy atom. The van der Waals surface area contributed by atoms with Crippen molar-refractivity contribution in [2.45, 2.75) is 4.90 Å². The van der Waals surface area contributed by atoms with Crippen LogP contribution in [-0.4, -0.2) is 42.7 Å². The van der Waals surface area contributed by atoms with Gasteiger partial charge in [-0.15, -0.1) is 23.1 Å². The van der Waals surface area contributed by atoms with Crippen molar-refractivity contribution in [1.82, 2.24) is 10.3 Å². The first kappa shape index (κ1) is 32.0. The van der Waals surface area contributed by atoms with E-state index in [0.29, 0.717) is 33.4 Å². The number of thiazole rings is 1. The predicted octanol–water partition coefficient (Wildman–Crippen LogP) is 6.97. The van der Waals surface area contributed by atoms with Gasteiger partial charge >= 0.3 is 0 Å². The van der Waals surface area contributed by atoms with Crippen LogP contribution in [0.1, 0.15) is 15.9 Å². The van der Waals surface area contributed by atoms with E-state index in [9.17, 15) is 14.4 Å². The third kappa shape index (κ3) is 8.62. The molecule has 5 aromatic rings. The highest BCUT2D eigenvalue weighted by atomic mass is 32.2. The van der Waals surface area contributed by atoms with Gasteiger partial charge < -0.3 is 25.4 Å². The lowest BCUT2D eigenvalue weighted by Gasteiger charge is -2.13. The summed E-state index contributed by atoms with van der Waals surface area (Å²) in [6, 6.07) is 30.6. The van der Waals surface area contributed by atoms with Crippen molar-refractivity contribution in [3.05, 3.63) is 125 Å². The number of hydrogen-bond acceptors (Lipinski definition) is 8. The van der Waals surface area contributed by atoms with Crippen LogP contribution in [0.25, 0.3) is 17.3 Å². The SMILES string of the molecule is COc1ccc(OC)c(/C=C(/NC(=O)c2ccccc2)C(=O)Nc2cccc(SCC(=O)Nc3nc(-c4ccccc4)cs3)c2)c1. The second-order valence-corrected chi connectivity index (χ2v) is 11.6. The number of hydrogen-bond donors (Lipinski definition) is 3. The Balaban J connectivity index is 1.27. The number of benzene rings is 4. The minimum Gasteiger partial charge on any atom is -0.497 e. The number of amides is 3. The summed E-state index contributed by atoms with van der Waals surface area (Å²) >= 11 is 2.68. The fourth-order valence-electron chi connectivity index (χ4n) is 4.29. The van der Waals surface area contributed by atoms with Gasteiger partial charge in [0.2, 0.25) is 5.91 Å². The molecule has 0 aliphatic carbocycles. The van der Waals surface area contributed by atoms with Crippen molar-refractivity contribution < 1.29 is 23.9 Å². The molecule has 5 rings (SSSR count). The number of methoxy groups -OCH3 is 2. The third-order valence-corrected chi connectivity index (χ3v) is 8.30. The van der Waals surface area contributed by atoms with Crippen molar-refractivity contribution in [2.75, 3.05) is 30.6 Å². The van der Waals surface area contributed by atoms with Crippen molar-refractivity contribution in [3.63, 3.8) is 0 Å². The van der Waals surface area contributed by atoms with Crippen molar-refractivity contribution in [1.29, 1.82) is 0 Å². The molecule has 1 heterocycles. The van der Waals surface area contributed by atoms with Gasteiger partial charge in [-0.05, 0) is 54.6 Å². The van der Waals surface area contributed by atoms with Crippen LogP contribution in [-0.2, 0) is 9.59 Å². The molecular formula is C35H30N4O5S2. The number of carbonyl (C=O) groups is 3. The molecule has 3 N–H and O–H groups in total. The molecule has 9 nitrogen and oxygen atoms in total. The smallest absolute Gasteiger partial charge is 0.272 e. The highest BCUT2D eigenvalue weighted by Gasteiger charge is 2.17. The van der Waals surface area contributed by atoms with Crippen LogP contribution < -0.4 is 25.4 Å². The van der Waals surface area contributed by atoms with Gasteiger partial charge in [0.25, 0.3) is 11.8 Å². The third-order valence-electron chi connectivity index (χ3n) is 6.55. The molecule has 11 heteroatoms. The highest BCUT2D eigenvalue weighted by Crippen LogP contribution is 2.28. The molecule has 0 radical (unpaired) electrons. The Hall–Kier alpha value is -5.39. The molecule has 0 aliphatic rings. The Morgan fingerprint density at radius 1 is 0.848 bits per heavy atom. The maximum Gasteiger partial charge on any atom is 0.272 e. The number of nitrogens with one attached hydrogen (secondary N) is 3. The number of aromatic nitrogens is 1. The van der Waals surface area contributed by atoms with Gasteiger partial charge in [0, 0.05) is 32.7 Å². The quantitative estimate of drug-likeness (QED) is 0.0986. The molecule has 0 aliphatic heterocycles. The first-order chi connectivity index (χ1) is 22.4. The zero-order valence-corrected chi connectivity index (χ0v) is 26.6. The molecular weight excluding hydrogens is 621 g/mol. The molecule has 1 aromatic heterocycles. The number of ether oxygens (including phenoxy) is 2. The van der Waals surface area contributed by atoms with E-state index in [2.05, 4.69) is 20.9 Å². The summed E-state index contributed by atoms with van der Waals surface area (Å²) in [6.07, 6.45) is 1.53. The molecule has 0 atom stereocenters. The number of thioether (sulfide) groups is 1. The first-order valence-corrected chi connectivity index (χ1v) is 15.9. The maximum atomic E-state index is 13.6. The molecule has 0 saturated heterocycles. The van der Waals surface area contributed by atoms with E-state index in [-0.39, 0.29) is 17.4 Å². The molecule has 232 valence electrons. The zero-order valence-electron chi connectivity index (χ0n) is 25.0. The lowest BCUT2D eigenvalue weighted by Crippen LogP contribution is -2.30. The number of nitrogens with zero attached hydrogens (tertiary/aromatic N) is 1. The minimum absolute atomic E-state index is 0.00356. The van der Waals surface area contributed by atoms with E-state index >= 15 is 0 Å². The molecule has 0 unspecified atom stereocenters. The zero-order chi connectivity index (χ0) is 32.3. The summed E-state index contributed by atoms with van der Waals surface area (Å²) < 4.78 is 10.8. The Bertz CT molecular complexity index is 1860. The van der Waals surface area contributed by atoms with Crippen LogP contribution in [0, 0.1) is 0 Å². The standard InChI is InChI=1S/C35H30N4O5S2/c1-43-27-16-17-31(44-2)25(18-27)19-29(37-33(41)24-12-7-4-8-13-24)34(42)36-26-14-9-15-28(20-26)45-22-32(40)39-35-38-30(21-46-35)23-10-5-3-6-11-23/h3-21H,22H2,1-2H3,(H,36,42)(H,37,41)(H,38,39,40)/b29-19+. The summed E-state index contributed by atoms with van der Waals surface area (Å²) in [7, 11) is 3.05. The van der Waals surface area contributed by atoms with Crippen molar-refractivity contribution in [2.24, 2.45) is 0 Å². The van der Waals surface area contributed by atoms with Gasteiger partial charge in [-0.2, -0.15) is 0 Å². The normalized spacial score (nSPS) is 11.0. The second kappa shape index (κ2) is 15.6. The summed E-state index contributed by atoms with van der Waals surface area (Å²) in [6.45, 7) is 0. The number of anilines is 2. The van der Waals surface area contributed by atoms with Crippen LogP contribution >= 0.6 is 23.1 Å². The average Bonchev–Trinajstić information content (AvgIpc) is 3.56. The second-order valence-electron chi connectivity index (χ2n) is 9.71. The molecule has 0 saturated carbocycles. The molecule has 0 fully saturated rings. The maximum absolute atomic E-state index is 13.6. The van der Waals surface area contributed by atoms with Gasteiger partial charge in [0.05, 0.1) is 25.7 Å². The average molecular weight is 651 g/mol. The lowest BCUT2D eigenvalue weighted by molar-refractivity contribution is -0.114. The summed E-state index contributed by atoms with van der Waals surface area (Å²) in [4.78, 5) is 44.6. The summed E-state index contributed by atoms with van der Waals surface area (Å²) in [5.74, 6) is -0.00462. The Labute approximate surface area is 274 Å². The van der Waals surface area contributed by atoms with Gasteiger partial charge in [-0.1, -0.05) is 54.6 Å². The van der Waals surface area contributed by atoms with E-state index < -0.39 is 11.8 Å². The van der Waals surface area contributed by atoms with E-state index in [1.165, 1.54) is 43.4 Å². The van der Waals surface area contributed by atoms with Crippen LogP contribution in [0.3, 0.4) is 0 Å². The molecule has 4 aromatic carbocycles. The fraction of sp³-hybridized carbons (Fsp3) is 0.0857. The monoisotopic (exact) mass is 650 g/mol. The van der Waals surface area contributed by atoms with E-state index in [4.69, 9.17) is 9.47 Å². The topological polar surface area (TPSA) is 119 Å². The van der Waals surface area contributed by atoms with Gasteiger partial charge in [0.1, 0.15) is 17.2 Å². The van der Waals surface area contributed by atoms with Crippen LogP contribution in [0.4, 0.5) is 10.8 Å². The minimum atomic E-state index is -0.549. The molecule has 0 spiro atoms. The Kier molecular flexibility index (Phi) is 10.8. The number of carbonyl (C=O) groups excluding carboxylic acids is 3. The van der Waals surface area contributed by atoms with Gasteiger partial charge in [-0.25, -0.2) is 4.98 Å². The van der Waals surface area contributed by atoms with Gasteiger partial charge in [-0.3, -0.25) is 14.4 Å². The van der Waals surface area contributed by atoms with Crippen LogP contribution in [0.15, 0.2) is 119 Å². The van der Waals surface area contributed by atoms with E-state index in [1.807, 2.05) is 41.8 Å². The van der Waals surface area contributed by atoms with E-state index in [1.54, 1.807) is 66.7 Å². The highest BCUT2D eigenvalue weighted by molar-refractivity contribution is 8.00. The number of rotatable bonds is 12. The first-order valence-electron chi connectivity index (χ1n) is 14.1. The summed E-state index contributed by atoms with van der Waals surface area (Å²) in [5.41, 5.74) is 3.19. The van der Waals surface area contributed by atoms with Crippen molar-refractivity contribution >= 4 is 57.7 Å². The lowest BCUT2D eigenvalue weighted by atomic mass is 10.1. The van der Waals surface area contributed by atoms with E-state index in [0.717, 1.165) is 16.2 Å². The van der Waals surface area contributed by atoms with Crippen LogP contribution in [0.2, 0.25) is 0 Å². The van der Waals surface area contributed by atoms with Crippen LogP contribution in [0.5, 0.6) is 11.5 Å². The predicted molar refractivity (Wildman–Crippen MR) is 183 cm³/mol. The van der Waals surface area contributed by atoms with Crippen molar-refractivity contribution in [3.8, 4) is 22.8 Å². The molecule has 0 bridgehead atoms. The Morgan fingerprint density at radius 2 is 1.61 bits per heavy atom. The molecule has 46 heavy (non-hydrogen) atoms. The summed E-state index contributed by atoms with van der Waals surface area (Å²) in [5, 5.41) is 10.9. The fourth-order valence-corrected chi connectivity index (χ4v) is 5.78. The van der Waals surface area contributed by atoms with Gasteiger partial charge in [0.15, 0.2) is 5.13 Å².